The molecule has 3 heteroatoms. The minimum Gasteiger partial charge on any atom is -0.353 e. The third-order valence-electron chi connectivity index (χ3n) is 8.87. The van der Waals surface area contributed by atoms with Crippen LogP contribution in [0.5, 0.6) is 0 Å². The zero-order valence-corrected chi connectivity index (χ0v) is 30.1. The van der Waals surface area contributed by atoms with Gasteiger partial charge in [0.1, 0.15) is 23.2 Å². The van der Waals surface area contributed by atoms with E-state index in [-0.39, 0.29) is 6.29 Å². The number of hydrogen-bond acceptors (Lipinski definition) is 2. The number of aryl methyl sites for hydroxylation is 3. The Bertz CT molecular complexity index is 1070. The van der Waals surface area contributed by atoms with Crippen molar-refractivity contribution in [2.45, 2.75) is 124 Å². The highest BCUT2D eigenvalue weighted by Crippen LogP contribution is 2.56. The topological polar surface area (TPSA) is 18.5 Å². The average Bonchev–Trinajstić information content (AvgIpc) is 3.05. The molecule has 0 aliphatic rings. The Hall–Kier alpha value is -2.25. The minimum atomic E-state index is -1.78. The molecule has 0 atom stereocenters. The molecule has 0 aromatic heterocycles. The fraction of sp³-hybridized carbons (Fsp3) is 0.524. The molecule has 0 aliphatic carbocycles. The van der Waals surface area contributed by atoms with Gasteiger partial charge in [0.15, 0.2) is 6.29 Å². The predicted molar refractivity (Wildman–Crippen MR) is 200 cm³/mol. The molecular weight excluding hydrogens is 567 g/mol. The van der Waals surface area contributed by atoms with Crippen molar-refractivity contribution < 1.29 is 9.47 Å². The summed E-state index contributed by atoms with van der Waals surface area (Å²) in [7, 11) is -1.78. The van der Waals surface area contributed by atoms with Crippen LogP contribution in [-0.4, -0.2) is 25.7 Å². The molecule has 0 bridgehead atoms. The van der Waals surface area contributed by atoms with Crippen molar-refractivity contribution in [2.75, 3.05) is 19.4 Å². The molecule has 0 amide bonds. The van der Waals surface area contributed by atoms with Gasteiger partial charge < -0.3 is 9.47 Å². The van der Waals surface area contributed by atoms with Crippen LogP contribution in [0.4, 0.5) is 0 Å². The van der Waals surface area contributed by atoms with Gasteiger partial charge in [-0.15, -0.1) is 0 Å². The highest BCUT2D eigenvalue weighted by molar-refractivity contribution is 7.95. The van der Waals surface area contributed by atoms with Crippen LogP contribution in [0.2, 0.25) is 0 Å². The maximum Gasteiger partial charge on any atom is 0.157 e. The SMILES string of the molecule is CCCCCOC(CCCCC/C=C\CCC[P+](c1ccc(C)cc1)(c1ccc(C)cc1)c1ccc(C)cc1)OCCCCC. The lowest BCUT2D eigenvalue weighted by Crippen LogP contribution is -2.33. The molecule has 45 heavy (non-hydrogen) atoms. The third kappa shape index (κ3) is 12.8. The van der Waals surface area contributed by atoms with Gasteiger partial charge in [-0.3, -0.25) is 0 Å². The van der Waals surface area contributed by atoms with Crippen LogP contribution in [0.1, 0.15) is 114 Å². The summed E-state index contributed by atoms with van der Waals surface area (Å²) in [6.45, 7) is 12.7. The zero-order chi connectivity index (χ0) is 32.2. The normalized spacial score (nSPS) is 12.0. The van der Waals surface area contributed by atoms with E-state index in [4.69, 9.17) is 9.47 Å². The fourth-order valence-electron chi connectivity index (χ4n) is 6.01. The molecule has 0 saturated heterocycles. The van der Waals surface area contributed by atoms with Crippen LogP contribution in [-0.2, 0) is 9.47 Å². The first kappa shape index (κ1) is 37.2. The first-order valence-corrected chi connectivity index (χ1v) is 19.9. The molecule has 0 saturated carbocycles. The van der Waals surface area contributed by atoms with E-state index < -0.39 is 7.26 Å². The molecule has 0 fully saturated rings. The summed E-state index contributed by atoms with van der Waals surface area (Å²) in [5.74, 6) is 0. The number of ether oxygens (including phenoxy) is 2. The van der Waals surface area contributed by atoms with Gasteiger partial charge in [0.2, 0.25) is 0 Å². The third-order valence-corrected chi connectivity index (χ3v) is 13.4. The van der Waals surface area contributed by atoms with Crippen LogP contribution >= 0.6 is 7.26 Å². The smallest absolute Gasteiger partial charge is 0.157 e. The summed E-state index contributed by atoms with van der Waals surface area (Å²) in [4.78, 5) is 0. The van der Waals surface area contributed by atoms with Crippen LogP contribution in [0, 0.1) is 20.8 Å². The monoisotopic (exact) mass is 629 g/mol. The van der Waals surface area contributed by atoms with E-state index in [2.05, 4.69) is 120 Å². The van der Waals surface area contributed by atoms with Crippen molar-refractivity contribution in [3.05, 3.63) is 102 Å². The van der Waals surface area contributed by atoms with E-state index in [1.54, 1.807) is 0 Å². The van der Waals surface area contributed by atoms with E-state index in [1.807, 2.05) is 0 Å². The molecule has 0 unspecified atom stereocenters. The van der Waals surface area contributed by atoms with Gasteiger partial charge in [0.05, 0.1) is 6.16 Å². The quantitative estimate of drug-likeness (QED) is 0.0450. The Morgan fingerprint density at radius 2 is 0.933 bits per heavy atom. The Labute approximate surface area is 277 Å². The van der Waals surface area contributed by atoms with Gasteiger partial charge in [-0.05, 0) is 109 Å². The molecule has 0 spiro atoms. The van der Waals surface area contributed by atoms with Gasteiger partial charge in [0.25, 0.3) is 0 Å². The van der Waals surface area contributed by atoms with E-state index in [9.17, 15) is 0 Å². The van der Waals surface area contributed by atoms with E-state index in [0.29, 0.717) is 0 Å². The lowest BCUT2D eigenvalue weighted by molar-refractivity contribution is -0.148. The van der Waals surface area contributed by atoms with Gasteiger partial charge in [-0.2, -0.15) is 0 Å². The number of hydrogen-bond donors (Lipinski definition) is 0. The van der Waals surface area contributed by atoms with E-state index in [1.165, 1.54) is 90.1 Å². The molecule has 246 valence electrons. The summed E-state index contributed by atoms with van der Waals surface area (Å²) in [5, 5.41) is 4.48. The molecule has 3 aromatic carbocycles. The number of rotatable bonds is 23. The minimum absolute atomic E-state index is 0.0200. The van der Waals surface area contributed by atoms with Crippen LogP contribution in [0.15, 0.2) is 84.9 Å². The Morgan fingerprint density at radius 1 is 0.511 bits per heavy atom. The molecule has 0 radical (unpaired) electrons. The van der Waals surface area contributed by atoms with Crippen molar-refractivity contribution >= 4 is 23.2 Å². The maximum absolute atomic E-state index is 6.10. The molecular formula is C42H62O2P+. The van der Waals surface area contributed by atoms with Crippen molar-refractivity contribution in [3.63, 3.8) is 0 Å². The van der Waals surface area contributed by atoms with Crippen LogP contribution in [0.25, 0.3) is 0 Å². The molecule has 3 rings (SSSR count). The van der Waals surface area contributed by atoms with Crippen molar-refractivity contribution in [3.8, 4) is 0 Å². The predicted octanol–water partition coefficient (Wildman–Crippen LogP) is 10.9. The number of allylic oxidation sites excluding steroid dienone is 2. The second kappa shape index (κ2) is 21.5. The first-order valence-electron chi connectivity index (χ1n) is 18.0. The second-order valence-corrected chi connectivity index (χ2v) is 16.5. The number of unbranched alkanes of at least 4 members (excludes halogenated alkanes) is 8. The van der Waals surface area contributed by atoms with Gasteiger partial charge >= 0.3 is 0 Å². The van der Waals surface area contributed by atoms with Crippen molar-refractivity contribution in [2.24, 2.45) is 0 Å². The number of benzene rings is 3. The Morgan fingerprint density at radius 3 is 1.36 bits per heavy atom. The lowest BCUT2D eigenvalue weighted by Gasteiger charge is -2.28. The van der Waals surface area contributed by atoms with Crippen LogP contribution in [0.3, 0.4) is 0 Å². The lowest BCUT2D eigenvalue weighted by atomic mass is 10.1. The van der Waals surface area contributed by atoms with Crippen LogP contribution < -0.4 is 15.9 Å². The highest BCUT2D eigenvalue weighted by Gasteiger charge is 2.44. The highest BCUT2D eigenvalue weighted by atomic mass is 31.2. The first-order chi connectivity index (χ1) is 22.0. The molecule has 0 aliphatic heterocycles. The van der Waals surface area contributed by atoms with E-state index in [0.717, 1.165) is 45.3 Å². The molecule has 2 nitrogen and oxygen atoms in total. The largest absolute Gasteiger partial charge is 0.353 e. The van der Waals surface area contributed by atoms with Crippen molar-refractivity contribution in [1.82, 2.24) is 0 Å². The summed E-state index contributed by atoms with van der Waals surface area (Å²) in [6, 6.07) is 28.2. The van der Waals surface area contributed by atoms with Gasteiger partial charge in [0, 0.05) is 13.2 Å². The molecule has 0 heterocycles. The van der Waals surface area contributed by atoms with Crippen molar-refractivity contribution in [1.29, 1.82) is 0 Å². The molecule has 0 N–H and O–H groups in total. The molecule has 3 aromatic rings. The van der Waals surface area contributed by atoms with Gasteiger partial charge in [-0.1, -0.05) is 111 Å². The summed E-state index contributed by atoms with van der Waals surface area (Å²) < 4.78 is 12.2. The summed E-state index contributed by atoms with van der Waals surface area (Å²) in [5.41, 5.74) is 3.96. The zero-order valence-electron chi connectivity index (χ0n) is 29.2. The Balaban J connectivity index is 1.54. The fourth-order valence-corrected chi connectivity index (χ4v) is 10.3. The average molecular weight is 630 g/mol. The maximum atomic E-state index is 6.10. The summed E-state index contributed by atoms with van der Waals surface area (Å²) in [6.07, 6.45) is 21.4. The van der Waals surface area contributed by atoms with Gasteiger partial charge in [-0.25, -0.2) is 0 Å². The standard InChI is InChI=1S/C42H62O2P/c1-6-8-17-33-43-42(44-34-18-9-7-2)20-16-14-12-10-11-13-15-19-35-45(39-27-21-36(3)22-28-39,40-29-23-37(4)24-30-40)41-31-25-38(5)26-32-41/h11,13,21-32,42H,6-10,12,14-20,33-35H2,1-5H3/q+1/b13-11-. The Kier molecular flexibility index (Phi) is 17.8. The summed E-state index contributed by atoms with van der Waals surface area (Å²) >= 11 is 0. The second-order valence-electron chi connectivity index (χ2n) is 12.9. The van der Waals surface area contributed by atoms with E-state index >= 15 is 0 Å².